The van der Waals surface area contributed by atoms with Crippen molar-refractivity contribution in [3.8, 4) is 5.75 Å². The van der Waals surface area contributed by atoms with E-state index in [2.05, 4.69) is 27.6 Å². The van der Waals surface area contributed by atoms with Gasteiger partial charge in [0.2, 0.25) is 0 Å². The molecular weight excluding hydrogens is 448 g/mol. The van der Waals surface area contributed by atoms with Crippen LogP contribution in [-0.4, -0.2) is 17.0 Å². The largest absolute Gasteiger partial charge is 0.506 e. The molecule has 0 unspecified atom stereocenters. The lowest BCUT2D eigenvalue weighted by Gasteiger charge is -2.03. The van der Waals surface area contributed by atoms with E-state index in [1.54, 1.807) is 13.0 Å². The zero-order valence-electron chi connectivity index (χ0n) is 8.70. The summed E-state index contributed by atoms with van der Waals surface area (Å²) in [7, 11) is 0. The summed E-state index contributed by atoms with van der Waals surface area (Å²) in [6.45, 7) is 1.61. The number of carbonyl (C=O) groups is 1. The molecule has 1 aliphatic rings. The Bertz CT molecular complexity index is 564. The quantitative estimate of drug-likeness (QED) is 0.403. The van der Waals surface area contributed by atoms with Gasteiger partial charge in [0.25, 0.3) is 0 Å². The molecule has 4 nitrogen and oxygen atoms in total. The number of halogens is 2. The second-order valence-corrected chi connectivity index (χ2v) is 5.78. The van der Waals surface area contributed by atoms with Gasteiger partial charge in [-0.2, -0.15) is 0 Å². The topological polar surface area (TPSA) is 58.9 Å². The highest BCUT2D eigenvalue weighted by atomic mass is 127. The summed E-state index contributed by atoms with van der Waals surface area (Å²) in [6.07, 6.45) is 1.53. The molecule has 1 N–H and O–H groups in total. The number of ether oxygens (including phenoxy) is 1. The van der Waals surface area contributed by atoms with Crippen LogP contribution in [0.2, 0.25) is 0 Å². The van der Waals surface area contributed by atoms with Crippen molar-refractivity contribution < 1.29 is 14.6 Å². The van der Waals surface area contributed by atoms with Crippen LogP contribution in [0.4, 0.5) is 0 Å². The SMILES string of the molecule is CC1=N/C(=C\c2cc(I)cc(I)c2O)C(=O)O1. The molecule has 1 aromatic rings. The zero-order valence-corrected chi connectivity index (χ0v) is 13.0. The lowest BCUT2D eigenvalue weighted by atomic mass is 10.1. The van der Waals surface area contributed by atoms with Crippen LogP contribution in [0.15, 0.2) is 22.8 Å². The third-order valence-electron chi connectivity index (χ3n) is 2.08. The van der Waals surface area contributed by atoms with Crippen LogP contribution in [0.1, 0.15) is 12.5 Å². The van der Waals surface area contributed by atoms with Gasteiger partial charge in [0.1, 0.15) is 5.75 Å². The second-order valence-electron chi connectivity index (χ2n) is 3.38. The van der Waals surface area contributed by atoms with E-state index < -0.39 is 5.97 Å². The summed E-state index contributed by atoms with van der Waals surface area (Å²) in [4.78, 5) is 15.3. The van der Waals surface area contributed by atoms with Crippen molar-refractivity contribution in [1.82, 2.24) is 0 Å². The summed E-state index contributed by atoms with van der Waals surface area (Å²) in [6, 6.07) is 3.63. The Hall–Kier alpha value is -0.640. The number of phenols is 1. The number of benzene rings is 1. The van der Waals surface area contributed by atoms with E-state index in [0.29, 0.717) is 11.5 Å². The van der Waals surface area contributed by atoms with E-state index >= 15 is 0 Å². The minimum atomic E-state index is -0.490. The second kappa shape index (κ2) is 4.92. The van der Waals surface area contributed by atoms with Crippen LogP contribution in [-0.2, 0) is 9.53 Å². The molecule has 1 heterocycles. The van der Waals surface area contributed by atoms with Gasteiger partial charge >= 0.3 is 5.97 Å². The van der Waals surface area contributed by atoms with E-state index in [1.807, 2.05) is 28.7 Å². The molecule has 0 fully saturated rings. The normalized spacial score (nSPS) is 17.2. The standard InChI is InChI=1S/C11H7I2NO3/c1-5-14-9(11(16)17-5)3-6-2-7(12)4-8(13)10(6)15/h2-4,15H,1H3/b9-3-. The number of carbonyl (C=O) groups excluding carboxylic acids is 1. The van der Waals surface area contributed by atoms with Crippen molar-refractivity contribution in [2.75, 3.05) is 0 Å². The van der Waals surface area contributed by atoms with E-state index in [0.717, 1.165) is 7.14 Å². The fourth-order valence-electron chi connectivity index (χ4n) is 1.36. The minimum absolute atomic E-state index is 0.145. The highest BCUT2D eigenvalue weighted by Gasteiger charge is 2.20. The molecule has 6 heteroatoms. The summed E-state index contributed by atoms with van der Waals surface area (Å²) < 4.78 is 6.51. The van der Waals surface area contributed by atoms with Gasteiger partial charge in [-0.05, 0) is 63.4 Å². The Morgan fingerprint density at radius 3 is 2.71 bits per heavy atom. The molecule has 0 amide bonds. The number of esters is 1. The summed E-state index contributed by atoms with van der Waals surface area (Å²) in [5, 5.41) is 9.88. The van der Waals surface area contributed by atoms with Crippen LogP contribution in [0.25, 0.3) is 6.08 Å². The molecule has 1 aliphatic heterocycles. The van der Waals surface area contributed by atoms with Crippen LogP contribution in [0.3, 0.4) is 0 Å². The third kappa shape index (κ3) is 2.79. The fourth-order valence-corrected chi connectivity index (χ4v) is 3.25. The van der Waals surface area contributed by atoms with Gasteiger partial charge in [0, 0.05) is 16.1 Å². The Labute approximate surface area is 125 Å². The molecule has 88 valence electrons. The molecule has 0 atom stereocenters. The maximum atomic E-state index is 11.4. The predicted octanol–water partition coefficient (Wildman–Crippen LogP) is 2.92. The van der Waals surface area contributed by atoms with Crippen LogP contribution in [0, 0.1) is 7.14 Å². The van der Waals surface area contributed by atoms with Gasteiger partial charge in [0.05, 0.1) is 3.57 Å². The number of phenolic OH excluding ortho intramolecular Hbond substituents is 1. The zero-order chi connectivity index (χ0) is 12.6. The molecular formula is C11H7I2NO3. The van der Waals surface area contributed by atoms with Gasteiger partial charge < -0.3 is 9.84 Å². The van der Waals surface area contributed by atoms with E-state index in [4.69, 9.17) is 4.74 Å². The fraction of sp³-hybridized carbons (Fsp3) is 0.0909. The molecule has 0 saturated heterocycles. The average molecular weight is 455 g/mol. The van der Waals surface area contributed by atoms with Gasteiger partial charge in [-0.25, -0.2) is 9.79 Å². The molecule has 1 aromatic carbocycles. The number of aromatic hydroxyl groups is 1. The van der Waals surface area contributed by atoms with E-state index in [1.165, 1.54) is 6.08 Å². The van der Waals surface area contributed by atoms with E-state index in [-0.39, 0.29) is 11.4 Å². The monoisotopic (exact) mass is 455 g/mol. The van der Waals surface area contributed by atoms with E-state index in [9.17, 15) is 9.90 Å². The summed E-state index contributed by atoms with van der Waals surface area (Å²) in [5.74, 6) is -0.0251. The molecule has 2 rings (SSSR count). The van der Waals surface area contributed by atoms with Crippen molar-refractivity contribution in [3.05, 3.63) is 30.5 Å². The van der Waals surface area contributed by atoms with Crippen molar-refractivity contribution in [2.45, 2.75) is 6.92 Å². The van der Waals surface area contributed by atoms with Crippen LogP contribution >= 0.6 is 45.2 Å². The first-order valence-corrected chi connectivity index (χ1v) is 6.80. The highest BCUT2D eigenvalue weighted by Crippen LogP contribution is 2.29. The smallest absolute Gasteiger partial charge is 0.363 e. The van der Waals surface area contributed by atoms with Crippen LogP contribution < -0.4 is 0 Å². The van der Waals surface area contributed by atoms with Crippen molar-refractivity contribution in [1.29, 1.82) is 0 Å². The first-order chi connectivity index (χ1) is 7.97. The lowest BCUT2D eigenvalue weighted by Crippen LogP contribution is -1.99. The Morgan fingerprint density at radius 1 is 1.41 bits per heavy atom. The maximum absolute atomic E-state index is 11.4. The number of rotatable bonds is 1. The maximum Gasteiger partial charge on any atom is 0.363 e. The third-order valence-corrected chi connectivity index (χ3v) is 3.52. The van der Waals surface area contributed by atoms with Gasteiger partial charge in [-0.1, -0.05) is 0 Å². The number of hydrogen-bond donors (Lipinski definition) is 1. The average Bonchev–Trinajstić information content (AvgIpc) is 2.53. The first-order valence-electron chi connectivity index (χ1n) is 4.64. The molecule has 0 aliphatic carbocycles. The van der Waals surface area contributed by atoms with Crippen LogP contribution in [0.5, 0.6) is 5.75 Å². The first kappa shape index (κ1) is 12.8. The number of cyclic esters (lactones) is 1. The lowest BCUT2D eigenvalue weighted by molar-refractivity contribution is -0.130. The highest BCUT2D eigenvalue weighted by molar-refractivity contribution is 14.1. The Morgan fingerprint density at radius 2 is 2.12 bits per heavy atom. The Kier molecular flexibility index (Phi) is 3.71. The predicted molar refractivity (Wildman–Crippen MR) is 80.7 cm³/mol. The Balaban J connectivity index is 2.49. The van der Waals surface area contributed by atoms with Gasteiger partial charge in [-0.3, -0.25) is 0 Å². The van der Waals surface area contributed by atoms with Gasteiger partial charge in [0.15, 0.2) is 11.6 Å². The molecule has 0 aromatic heterocycles. The number of hydrogen-bond acceptors (Lipinski definition) is 4. The van der Waals surface area contributed by atoms with Crippen molar-refractivity contribution >= 4 is 63.1 Å². The summed E-state index contributed by atoms with van der Waals surface area (Å²) >= 11 is 4.18. The number of nitrogens with zero attached hydrogens (tertiary/aromatic N) is 1. The van der Waals surface area contributed by atoms with Crippen molar-refractivity contribution in [2.24, 2.45) is 4.99 Å². The molecule has 0 radical (unpaired) electrons. The molecule has 0 spiro atoms. The number of aliphatic imine (C=N–C) groups is 1. The summed E-state index contributed by atoms with van der Waals surface area (Å²) in [5.41, 5.74) is 0.766. The minimum Gasteiger partial charge on any atom is -0.506 e. The molecule has 17 heavy (non-hydrogen) atoms. The molecule has 0 saturated carbocycles. The van der Waals surface area contributed by atoms with Gasteiger partial charge in [-0.15, -0.1) is 0 Å². The molecule has 0 bridgehead atoms. The van der Waals surface area contributed by atoms with Crippen molar-refractivity contribution in [3.63, 3.8) is 0 Å².